The van der Waals surface area contributed by atoms with E-state index in [-0.39, 0.29) is 5.91 Å². The molecule has 0 aliphatic heterocycles. The molecule has 0 bridgehead atoms. The first-order chi connectivity index (χ1) is 9.69. The average molecular weight is 286 g/mol. The van der Waals surface area contributed by atoms with Crippen LogP contribution in [-0.4, -0.2) is 63.2 Å². The Kier molecular flexibility index (Phi) is 11.9. The quantitative estimate of drug-likeness (QED) is 0.355. The van der Waals surface area contributed by atoms with E-state index in [0.717, 1.165) is 32.0 Å². The van der Waals surface area contributed by atoms with E-state index in [1.807, 2.05) is 25.7 Å². The molecule has 0 spiro atoms. The standard InChI is InChI=1S/C14H30N4O2/c1-5-15-14(16-10-8-12-20-4)17-11-9-13(19)18(6-2)7-3/h5-12H2,1-4H3,(H2,15,16,17). The zero-order chi connectivity index (χ0) is 15.2. The molecule has 0 aliphatic rings. The van der Waals surface area contributed by atoms with Crippen LogP contribution in [0.15, 0.2) is 4.99 Å². The van der Waals surface area contributed by atoms with E-state index in [1.165, 1.54) is 0 Å². The van der Waals surface area contributed by atoms with Gasteiger partial charge in [0.2, 0.25) is 5.91 Å². The number of methoxy groups -OCH3 is 1. The van der Waals surface area contributed by atoms with Crippen molar-refractivity contribution >= 4 is 11.9 Å². The van der Waals surface area contributed by atoms with Crippen LogP contribution in [0.1, 0.15) is 33.6 Å². The van der Waals surface area contributed by atoms with Gasteiger partial charge in [-0.25, -0.2) is 0 Å². The Labute approximate surface area is 123 Å². The van der Waals surface area contributed by atoms with Gasteiger partial charge in [0.1, 0.15) is 0 Å². The van der Waals surface area contributed by atoms with Gasteiger partial charge in [0.15, 0.2) is 5.96 Å². The number of amides is 1. The minimum Gasteiger partial charge on any atom is -0.385 e. The van der Waals surface area contributed by atoms with Crippen molar-refractivity contribution in [3.8, 4) is 0 Å². The van der Waals surface area contributed by atoms with Crippen molar-refractivity contribution < 1.29 is 9.53 Å². The lowest BCUT2D eigenvalue weighted by Gasteiger charge is -2.19. The molecule has 6 nitrogen and oxygen atoms in total. The highest BCUT2D eigenvalue weighted by atomic mass is 16.5. The third-order valence-electron chi connectivity index (χ3n) is 2.87. The maximum Gasteiger partial charge on any atom is 0.224 e. The number of carbonyl (C=O) groups excluding carboxylic acids is 1. The Morgan fingerprint density at radius 2 is 1.90 bits per heavy atom. The summed E-state index contributed by atoms with van der Waals surface area (Å²) in [6, 6.07) is 0. The second-order valence-corrected chi connectivity index (χ2v) is 4.35. The van der Waals surface area contributed by atoms with Crippen molar-refractivity contribution in [2.75, 3.05) is 46.4 Å². The predicted molar refractivity (Wildman–Crippen MR) is 83.0 cm³/mol. The van der Waals surface area contributed by atoms with E-state index >= 15 is 0 Å². The van der Waals surface area contributed by atoms with Gasteiger partial charge in [-0.05, 0) is 27.2 Å². The summed E-state index contributed by atoms with van der Waals surface area (Å²) in [5.41, 5.74) is 0. The number of guanidine groups is 1. The molecule has 0 unspecified atom stereocenters. The van der Waals surface area contributed by atoms with E-state index < -0.39 is 0 Å². The third-order valence-corrected chi connectivity index (χ3v) is 2.87. The zero-order valence-corrected chi connectivity index (χ0v) is 13.4. The molecule has 0 atom stereocenters. The van der Waals surface area contributed by atoms with E-state index in [2.05, 4.69) is 15.6 Å². The number of nitrogens with one attached hydrogen (secondary N) is 2. The lowest BCUT2D eigenvalue weighted by atomic mass is 10.3. The van der Waals surface area contributed by atoms with Gasteiger partial charge in [-0.3, -0.25) is 9.79 Å². The highest BCUT2D eigenvalue weighted by Gasteiger charge is 2.08. The number of carbonyl (C=O) groups is 1. The first-order valence-corrected chi connectivity index (χ1v) is 7.48. The summed E-state index contributed by atoms with van der Waals surface area (Å²) in [4.78, 5) is 18.1. The molecule has 6 heteroatoms. The molecule has 118 valence electrons. The fourth-order valence-corrected chi connectivity index (χ4v) is 1.76. The Morgan fingerprint density at radius 3 is 2.45 bits per heavy atom. The van der Waals surface area contributed by atoms with Crippen LogP contribution in [0.2, 0.25) is 0 Å². The van der Waals surface area contributed by atoms with Gasteiger partial charge in [-0.15, -0.1) is 0 Å². The van der Waals surface area contributed by atoms with E-state index in [0.29, 0.717) is 26.1 Å². The summed E-state index contributed by atoms with van der Waals surface area (Å²) in [7, 11) is 1.69. The average Bonchev–Trinajstić information content (AvgIpc) is 2.44. The van der Waals surface area contributed by atoms with Gasteiger partial charge in [0.05, 0.1) is 0 Å². The van der Waals surface area contributed by atoms with Crippen molar-refractivity contribution in [2.24, 2.45) is 4.99 Å². The maximum absolute atomic E-state index is 11.9. The molecule has 2 N–H and O–H groups in total. The Balaban J connectivity index is 4.04. The van der Waals surface area contributed by atoms with Crippen molar-refractivity contribution in [2.45, 2.75) is 33.6 Å². The van der Waals surface area contributed by atoms with Crippen LogP contribution >= 0.6 is 0 Å². The molecule has 0 aliphatic carbocycles. The topological polar surface area (TPSA) is 66.0 Å². The largest absolute Gasteiger partial charge is 0.385 e. The second-order valence-electron chi connectivity index (χ2n) is 4.35. The fourth-order valence-electron chi connectivity index (χ4n) is 1.76. The van der Waals surface area contributed by atoms with E-state index in [4.69, 9.17) is 4.74 Å². The normalized spacial score (nSPS) is 11.3. The minimum atomic E-state index is 0.178. The van der Waals surface area contributed by atoms with Gasteiger partial charge >= 0.3 is 0 Å². The first-order valence-electron chi connectivity index (χ1n) is 7.48. The Bertz CT molecular complexity index is 278. The maximum atomic E-state index is 11.9. The molecule has 1 amide bonds. The summed E-state index contributed by atoms with van der Waals surface area (Å²) in [5, 5.41) is 6.35. The number of rotatable bonds is 10. The lowest BCUT2D eigenvalue weighted by Crippen LogP contribution is -2.40. The van der Waals surface area contributed by atoms with Crippen molar-refractivity contribution in [1.82, 2.24) is 15.5 Å². The minimum absolute atomic E-state index is 0.178. The molecule has 0 radical (unpaired) electrons. The van der Waals surface area contributed by atoms with Crippen LogP contribution in [0.3, 0.4) is 0 Å². The van der Waals surface area contributed by atoms with Crippen molar-refractivity contribution in [1.29, 1.82) is 0 Å². The van der Waals surface area contributed by atoms with Crippen molar-refractivity contribution in [3.63, 3.8) is 0 Å². The lowest BCUT2D eigenvalue weighted by molar-refractivity contribution is -0.130. The van der Waals surface area contributed by atoms with Crippen LogP contribution in [0.5, 0.6) is 0 Å². The van der Waals surface area contributed by atoms with E-state index in [1.54, 1.807) is 7.11 Å². The van der Waals surface area contributed by atoms with Crippen LogP contribution < -0.4 is 10.6 Å². The molecule has 0 aromatic heterocycles. The zero-order valence-electron chi connectivity index (χ0n) is 13.4. The monoisotopic (exact) mass is 286 g/mol. The molecule has 0 saturated carbocycles. The van der Waals surface area contributed by atoms with Gasteiger partial charge in [-0.2, -0.15) is 0 Å². The number of ether oxygens (including phenoxy) is 1. The van der Waals surface area contributed by atoms with Crippen LogP contribution in [0.25, 0.3) is 0 Å². The van der Waals surface area contributed by atoms with Crippen LogP contribution in [0, 0.1) is 0 Å². The van der Waals surface area contributed by atoms with Gasteiger partial charge < -0.3 is 20.3 Å². The first kappa shape index (κ1) is 18.7. The number of hydrogen-bond donors (Lipinski definition) is 2. The summed E-state index contributed by atoms with van der Waals surface area (Å²) >= 11 is 0. The molecule has 0 heterocycles. The third kappa shape index (κ3) is 8.74. The van der Waals surface area contributed by atoms with Crippen LogP contribution in [0.4, 0.5) is 0 Å². The Morgan fingerprint density at radius 1 is 1.20 bits per heavy atom. The molecule has 20 heavy (non-hydrogen) atoms. The Hall–Kier alpha value is -1.30. The van der Waals surface area contributed by atoms with Gasteiger partial charge in [0.25, 0.3) is 0 Å². The summed E-state index contributed by atoms with van der Waals surface area (Å²) in [6.07, 6.45) is 1.38. The highest BCUT2D eigenvalue weighted by Crippen LogP contribution is 1.92. The molecular weight excluding hydrogens is 256 g/mol. The molecule has 0 saturated heterocycles. The molecule has 0 aromatic rings. The molecule has 0 rings (SSSR count). The predicted octanol–water partition coefficient (Wildman–Crippen LogP) is 0.837. The molecule has 0 fully saturated rings. The number of hydrogen-bond acceptors (Lipinski definition) is 3. The highest BCUT2D eigenvalue weighted by molar-refractivity contribution is 5.81. The fraction of sp³-hybridized carbons (Fsp3) is 0.857. The van der Waals surface area contributed by atoms with Crippen LogP contribution in [-0.2, 0) is 9.53 Å². The smallest absolute Gasteiger partial charge is 0.224 e. The number of nitrogens with zero attached hydrogens (tertiary/aromatic N) is 2. The van der Waals surface area contributed by atoms with E-state index in [9.17, 15) is 4.79 Å². The summed E-state index contributed by atoms with van der Waals surface area (Å²) in [6.45, 7) is 10.4. The van der Waals surface area contributed by atoms with Gasteiger partial charge in [-0.1, -0.05) is 0 Å². The van der Waals surface area contributed by atoms with Gasteiger partial charge in [0, 0.05) is 52.9 Å². The summed E-state index contributed by atoms with van der Waals surface area (Å²) in [5.74, 6) is 0.939. The second kappa shape index (κ2) is 12.7. The SMILES string of the molecule is CCNC(=NCCCOC)NCCC(=O)N(CC)CC. The van der Waals surface area contributed by atoms with Crippen molar-refractivity contribution in [3.05, 3.63) is 0 Å². The number of aliphatic imine (C=N–C) groups is 1. The molecular formula is C14H30N4O2. The molecule has 0 aromatic carbocycles. The summed E-state index contributed by atoms with van der Waals surface area (Å²) < 4.78 is 4.99.